The number of rotatable bonds is 3. The van der Waals surface area contributed by atoms with Crippen molar-refractivity contribution in [3.8, 4) is 0 Å². The highest BCUT2D eigenvalue weighted by molar-refractivity contribution is 9.09. The lowest BCUT2D eigenvalue weighted by molar-refractivity contribution is -0.119. The first kappa shape index (κ1) is 10.2. The molecule has 0 aliphatic rings. The van der Waals surface area contributed by atoms with Crippen LogP contribution in [0.5, 0.6) is 0 Å². The topological polar surface area (TPSA) is 42.0 Å². The molecule has 0 bridgehead atoms. The largest absolute Gasteiger partial charge is 0.347 e. The Labute approximate surface area is 85.7 Å². The van der Waals surface area contributed by atoms with Gasteiger partial charge in [0.1, 0.15) is 0 Å². The molecule has 0 aromatic carbocycles. The molecule has 3 nitrogen and oxygen atoms in total. The third-order valence-corrected chi connectivity index (χ3v) is 2.14. The number of hydrogen-bond donors (Lipinski definition) is 1. The summed E-state index contributed by atoms with van der Waals surface area (Å²) in [7, 11) is 0. The molecule has 1 atom stereocenters. The molecule has 4 heteroatoms. The van der Waals surface area contributed by atoms with E-state index in [-0.39, 0.29) is 11.9 Å². The van der Waals surface area contributed by atoms with Crippen LogP contribution < -0.4 is 5.32 Å². The van der Waals surface area contributed by atoms with Crippen LogP contribution in [0.3, 0.4) is 0 Å². The minimum absolute atomic E-state index is 0.0295. The highest BCUT2D eigenvalue weighted by atomic mass is 79.9. The summed E-state index contributed by atoms with van der Waals surface area (Å²) in [6.07, 6.45) is 1.71. The van der Waals surface area contributed by atoms with Crippen molar-refractivity contribution in [3.63, 3.8) is 0 Å². The van der Waals surface area contributed by atoms with Crippen LogP contribution in [0.2, 0.25) is 0 Å². The fraction of sp³-hybridized carbons (Fsp3) is 0.333. The summed E-state index contributed by atoms with van der Waals surface area (Å²) in [5.41, 5.74) is 0.872. The van der Waals surface area contributed by atoms with Gasteiger partial charge < -0.3 is 5.32 Å². The molecule has 0 fully saturated rings. The Hall–Kier alpha value is -0.900. The van der Waals surface area contributed by atoms with E-state index in [0.717, 1.165) is 5.69 Å². The zero-order valence-corrected chi connectivity index (χ0v) is 8.91. The zero-order chi connectivity index (χ0) is 9.68. The summed E-state index contributed by atoms with van der Waals surface area (Å²) in [5, 5.41) is 3.12. The van der Waals surface area contributed by atoms with Crippen molar-refractivity contribution in [1.29, 1.82) is 0 Å². The second-order valence-electron chi connectivity index (χ2n) is 2.68. The third kappa shape index (κ3) is 3.14. The molecule has 1 heterocycles. The van der Waals surface area contributed by atoms with Gasteiger partial charge in [0.2, 0.25) is 5.91 Å². The smallest absolute Gasteiger partial charge is 0.231 e. The second-order valence-corrected chi connectivity index (χ2v) is 3.24. The van der Waals surface area contributed by atoms with Gasteiger partial charge in [-0.15, -0.1) is 0 Å². The average Bonchev–Trinajstić information content (AvgIpc) is 2.19. The molecule has 0 aliphatic heterocycles. The summed E-state index contributed by atoms with van der Waals surface area (Å²) in [6.45, 7) is 1.91. The van der Waals surface area contributed by atoms with Gasteiger partial charge in [0.25, 0.3) is 0 Å². The first-order valence-electron chi connectivity index (χ1n) is 4.00. The number of halogens is 1. The number of pyridine rings is 1. The van der Waals surface area contributed by atoms with E-state index < -0.39 is 0 Å². The number of nitrogens with one attached hydrogen (secondary N) is 1. The molecule has 1 amide bonds. The molecular weight excluding hydrogens is 232 g/mol. The first-order chi connectivity index (χ1) is 6.24. The van der Waals surface area contributed by atoms with Crippen LogP contribution >= 0.6 is 15.9 Å². The Morgan fingerprint density at radius 1 is 1.69 bits per heavy atom. The van der Waals surface area contributed by atoms with Crippen molar-refractivity contribution in [2.45, 2.75) is 13.0 Å². The molecule has 13 heavy (non-hydrogen) atoms. The predicted octanol–water partition coefficient (Wildman–Crippen LogP) is 1.65. The van der Waals surface area contributed by atoms with Gasteiger partial charge in [0.05, 0.1) is 17.1 Å². The molecule has 0 aliphatic carbocycles. The summed E-state index contributed by atoms with van der Waals surface area (Å²) >= 11 is 3.08. The van der Waals surface area contributed by atoms with Gasteiger partial charge in [-0.05, 0) is 19.1 Å². The number of alkyl halides is 1. The number of carbonyl (C=O) groups excluding carboxylic acids is 1. The molecular formula is C9H11BrN2O. The Balaban J connectivity index is 2.59. The average molecular weight is 243 g/mol. The molecule has 1 rings (SSSR count). The maximum atomic E-state index is 11.0. The maximum Gasteiger partial charge on any atom is 0.231 e. The normalized spacial score (nSPS) is 12.2. The van der Waals surface area contributed by atoms with Gasteiger partial charge in [-0.3, -0.25) is 9.78 Å². The van der Waals surface area contributed by atoms with E-state index in [9.17, 15) is 4.79 Å². The SMILES string of the molecule is C[C@@H](NC(=O)CBr)c1ccccn1. The molecule has 0 spiro atoms. The summed E-state index contributed by atoms with van der Waals surface area (Å²) in [5.74, 6) is -0.0295. The summed E-state index contributed by atoms with van der Waals surface area (Å²) in [4.78, 5) is 15.1. The first-order valence-corrected chi connectivity index (χ1v) is 5.12. The second kappa shape index (κ2) is 4.97. The van der Waals surface area contributed by atoms with Gasteiger partial charge in [-0.25, -0.2) is 0 Å². The van der Waals surface area contributed by atoms with Crippen molar-refractivity contribution >= 4 is 21.8 Å². The van der Waals surface area contributed by atoms with Gasteiger partial charge in [-0.2, -0.15) is 0 Å². The van der Waals surface area contributed by atoms with E-state index in [1.165, 1.54) is 0 Å². The van der Waals surface area contributed by atoms with Crippen LogP contribution in [-0.4, -0.2) is 16.2 Å². The van der Waals surface area contributed by atoms with Crippen molar-refractivity contribution in [2.24, 2.45) is 0 Å². The van der Waals surface area contributed by atoms with Gasteiger partial charge in [0, 0.05) is 6.20 Å². The number of amides is 1. The van der Waals surface area contributed by atoms with Crippen molar-refractivity contribution in [3.05, 3.63) is 30.1 Å². The van der Waals surface area contributed by atoms with Gasteiger partial charge >= 0.3 is 0 Å². The zero-order valence-electron chi connectivity index (χ0n) is 7.33. The van der Waals surface area contributed by atoms with Crippen LogP contribution in [0.4, 0.5) is 0 Å². The summed E-state index contributed by atoms with van der Waals surface area (Å²) in [6, 6.07) is 5.60. The molecule has 1 N–H and O–H groups in total. The lowest BCUT2D eigenvalue weighted by atomic mass is 10.2. The van der Waals surface area contributed by atoms with E-state index in [1.807, 2.05) is 25.1 Å². The Morgan fingerprint density at radius 3 is 3.00 bits per heavy atom. The van der Waals surface area contributed by atoms with Gasteiger partial charge in [0.15, 0.2) is 0 Å². The Morgan fingerprint density at radius 2 is 2.46 bits per heavy atom. The number of nitrogens with zero attached hydrogens (tertiary/aromatic N) is 1. The van der Waals surface area contributed by atoms with E-state index in [0.29, 0.717) is 5.33 Å². The Bertz CT molecular complexity index is 276. The van der Waals surface area contributed by atoms with E-state index in [1.54, 1.807) is 6.20 Å². The van der Waals surface area contributed by atoms with Crippen molar-refractivity contribution in [1.82, 2.24) is 10.3 Å². The Kier molecular flexibility index (Phi) is 3.89. The van der Waals surface area contributed by atoms with E-state index in [4.69, 9.17) is 0 Å². The van der Waals surface area contributed by atoms with Crippen LogP contribution in [0, 0.1) is 0 Å². The predicted molar refractivity (Wildman–Crippen MR) is 54.6 cm³/mol. The molecule has 0 saturated carbocycles. The van der Waals surface area contributed by atoms with Crippen molar-refractivity contribution in [2.75, 3.05) is 5.33 Å². The highest BCUT2D eigenvalue weighted by Crippen LogP contribution is 2.07. The fourth-order valence-corrected chi connectivity index (χ4v) is 1.15. The van der Waals surface area contributed by atoms with Crippen molar-refractivity contribution < 1.29 is 4.79 Å². The van der Waals surface area contributed by atoms with E-state index >= 15 is 0 Å². The van der Waals surface area contributed by atoms with Crippen LogP contribution in [0.15, 0.2) is 24.4 Å². The minimum Gasteiger partial charge on any atom is -0.347 e. The number of hydrogen-bond acceptors (Lipinski definition) is 2. The molecule has 0 radical (unpaired) electrons. The fourth-order valence-electron chi connectivity index (χ4n) is 0.986. The number of aromatic nitrogens is 1. The standard InChI is InChI=1S/C9H11BrN2O/c1-7(12-9(13)6-10)8-4-2-3-5-11-8/h2-5,7H,6H2,1H3,(H,12,13)/t7-/m1/s1. The van der Waals surface area contributed by atoms with Crippen LogP contribution in [0.1, 0.15) is 18.7 Å². The van der Waals surface area contributed by atoms with Crippen LogP contribution in [0.25, 0.3) is 0 Å². The lowest BCUT2D eigenvalue weighted by Crippen LogP contribution is -2.27. The minimum atomic E-state index is -0.0359. The lowest BCUT2D eigenvalue weighted by Gasteiger charge is -2.11. The molecule has 0 unspecified atom stereocenters. The maximum absolute atomic E-state index is 11.0. The number of carbonyl (C=O) groups is 1. The molecule has 1 aromatic heterocycles. The third-order valence-electron chi connectivity index (χ3n) is 1.63. The van der Waals surface area contributed by atoms with Crippen LogP contribution in [-0.2, 0) is 4.79 Å². The molecule has 0 saturated heterocycles. The molecule has 1 aromatic rings. The van der Waals surface area contributed by atoms with Gasteiger partial charge in [-0.1, -0.05) is 22.0 Å². The van der Waals surface area contributed by atoms with E-state index in [2.05, 4.69) is 26.2 Å². The quantitative estimate of drug-likeness (QED) is 0.820. The molecule has 70 valence electrons. The summed E-state index contributed by atoms with van der Waals surface area (Å²) < 4.78 is 0. The highest BCUT2D eigenvalue weighted by Gasteiger charge is 2.08. The monoisotopic (exact) mass is 242 g/mol.